The first-order valence-electron chi connectivity index (χ1n) is 9.89. The molecule has 1 atom stereocenters. The van der Waals surface area contributed by atoms with Crippen molar-refractivity contribution < 1.29 is 13.2 Å². The molecule has 7 heteroatoms. The Kier molecular flexibility index (Phi) is 5.23. The van der Waals surface area contributed by atoms with Crippen LogP contribution in [0.4, 0.5) is 5.69 Å². The van der Waals surface area contributed by atoms with E-state index in [1.807, 2.05) is 73.5 Å². The molecular formula is C22H27N3O3S. The maximum atomic E-state index is 13.1. The lowest BCUT2D eigenvalue weighted by Gasteiger charge is -2.46. The third-order valence-electron chi connectivity index (χ3n) is 6.16. The van der Waals surface area contributed by atoms with Crippen molar-refractivity contribution >= 4 is 21.6 Å². The van der Waals surface area contributed by atoms with Crippen LogP contribution in [0, 0.1) is 6.92 Å². The van der Waals surface area contributed by atoms with Crippen molar-refractivity contribution in [2.45, 2.75) is 24.6 Å². The number of likely N-dealkylation sites (N-methyl/N-ethyl adjacent to an activating group) is 1. The summed E-state index contributed by atoms with van der Waals surface area (Å²) >= 11 is 0. The van der Waals surface area contributed by atoms with E-state index in [4.69, 9.17) is 0 Å². The van der Waals surface area contributed by atoms with E-state index in [1.165, 1.54) is 0 Å². The molecule has 29 heavy (non-hydrogen) atoms. The number of benzene rings is 2. The molecule has 2 aromatic rings. The van der Waals surface area contributed by atoms with Crippen molar-refractivity contribution in [3.8, 4) is 0 Å². The maximum Gasteiger partial charge on any atom is 0.241 e. The molecule has 2 aliphatic rings. The summed E-state index contributed by atoms with van der Waals surface area (Å²) in [6, 6.07) is 17.2. The first kappa shape index (κ1) is 20.1. The molecule has 1 unspecified atom stereocenters. The maximum absolute atomic E-state index is 13.1. The van der Waals surface area contributed by atoms with E-state index in [0.29, 0.717) is 32.6 Å². The van der Waals surface area contributed by atoms with E-state index < -0.39 is 10.0 Å². The number of sulfonamides is 1. The Balaban J connectivity index is 1.53. The average Bonchev–Trinajstić information content (AvgIpc) is 3.14. The molecule has 0 aliphatic carbocycles. The van der Waals surface area contributed by atoms with Crippen LogP contribution in [0.5, 0.6) is 0 Å². The van der Waals surface area contributed by atoms with Crippen LogP contribution in [0.2, 0.25) is 0 Å². The first-order valence-corrected chi connectivity index (χ1v) is 11.5. The number of amides is 1. The number of aryl methyl sites for hydroxylation is 1. The number of rotatable bonds is 4. The van der Waals surface area contributed by atoms with Crippen LogP contribution in [0.1, 0.15) is 17.5 Å². The smallest absolute Gasteiger partial charge is 0.241 e. The Morgan fingerprint density at radius 1 is 1.00 bits per heavy atom. The Hall–Kier alpha value is -2.22. The average molecular weight is 414 g/mol. The van der Waals surface area contributed by atoms with Crippen LogP contribution in [0.3, 0.4) is 0 Å². The van der Waals surface area contributed by atoms with Crippen LogP contribution in [-0.2, 0) is 20.6 Å². The fourth-order valence-electron chi connectivity index (χ4n) is 4.29. The summed E-state index contributed by atoms with van der Waals surface area (Å²) in [6.45, 7) is 3.68. The van der Waals surface area contributed by atoms with Gasteiger partial charge in [-0.3, -0.25) is 9.69 Å². The molecule has 0 N–H and O–H groups in total. The van der Waals surface area contributed by atoms with Gasteiger partial charge < -0.3 is 4.90 Å². The monoisotopic (exact) mass is 413 g/mol. The quantitative estimate of drug-likeness (QED) is 0.771. The van der Waals surface area contributed by atoms with Crippen LogP contribution < -0.4 is 4.90 Å². The molecule has 2 heterocycles. The molecule has 6 nitrogen and oxygen atoms in total. The van der Waals surface area contributed by atoms with E-state index in [1.54, 1.807) is 9.21 Å². The molecule has 154 valence electrons. The van der Waals surface area contributed by atoms with Crippen LogP contribution in [-0.4, -0.2) is 62.3 Å². The predicted molar refractivity (Wildman–Crippen MR) is 114 cm³/mol. The highest BCUT2D eigenvalue weighted by molar-refractivity contribution is 7.88. The molecule has 0 bridgehead atoms. The number of piperazine rings is 1. The van der Waals surface area contributed by atoms with E-state index in [-0.39, 0.29) is 17.2 Å². The second kappa shape index (κ2) is 7.55. The zero-order chi connectivity index (χ0) is 20.6. The number of anilines is 1. The van der Waals surface area contributed by atoms with Crippen molar-refractivity contribution in [2.75, 3.05) is 38.1 Å². The lowest BCUT2D eigenvalue weighted by atomic mass is 9.92. The predicted octanol–water partition coefficient (Wildman–Crippen LogP) is 2.25. The van der Waals surface area contributed by atoms with E-state index >= 15 is 0 Å². The number of nitrogens with zero attached hydrogens (tertiary/aromatic N) is 3. The third kappa shape index (κ3) is 3.95. The Bertz CT molecular complexity index is 992. The first-order chi connectivity index (χ1) is 13.8. The van der Waals surface area contributed by atoms with Gasteiger partial charge in [-0.25, -0.2) is 8.42 Å². The summed E-state index contributed by atoms with van der Waals surface area (Å²) in [5, 5.41) is 0. The zero-order valence-electron chi connectivity index (χ0n) is 16.9. The molecule has 2 saturated heterocycles. The minimum absolute atomic E-state index is 0.00834. The van der Waals surface area contributed by atoms with Crippen molar-refractivity contribution in [3.63, 3.8) is 0 Å². The van der Waals surface area contributed by atoms with Crippen molar-refractivity contribution in [1.82, 2.24) is 9.21 Å². The minimum Gasteiger partial charge on any atom is -0.309 e. The molecule has 1 amide bonds. The molecule has 2 aromatic carbocycles. The summed E-state index contributed by atoms with van der Waals surface area (Å²) in [5.41, 5.74) is 2.42. The van der Waals surface area contributed by atoms with E-state index in [2.05, 4.69) is 0 Å². The van der Waals surface area contributed by atoms with Crippen LogP contribution in [0.15, 0.2) is 54.6 Å². The van der Waals surface area contributed by atoms with Gasteiger partial charge >= 0.3 is 0 Å². The highest BCUT2D eigenvalue weighted by Crippen LogP contribution is 2.35. The summed E-state index contributed by atoms with van der Waals surface area (Å²) in [6.07, 6.45) is 0.716. The topological polar surface area (TPSA) is 60.9 Å². The van der Waals surface area contributed by atoms with Crippen LogP contribution in [0.25, 0.3) is 0 Å². The SMILES string of the molecule is Cc1ccc(CS(=O)(=O)N2CCC3(CN(c4ccccc4)C(=O)CN3C)C2)cc1. The molecule has 4 rings (SSSR count). The van der Waals surface area contributed by atoms with Gasteiger partial charge in [0, 0.05) is 25.3 Å². The molecule has 1 spiro atoms. The number of para-hydroxylation sites is 1. The fraction of sp³-hybridized carbons (Fsp3) is 0.409. The minimum atomic E-state index is -3.42. The van der Waals surface area contributed by atoms with Gasteiger partial charge in [0.05, 0.1) is 17.8 Å². The van der Waals surface area contributed by atoms with Gasteiger partial charge in [0.25, 0.3) is 0 Å². The highest BCUT2D eigenvalue weighted by atomic mass is 32.2. The highest BCUT2D eigenvalue weighted by Gasteiger charge is 2.50. The van der Waals surface area contributed by atoms with Gasteiger partial charge in [-0.05, 0) is 38.1 Å². The summed E-state index contributed by atoms with van der Waals surface area (Å²) in [5.74, 6) is 0.0549. The Labute approximate surface area is 172 Å². The summed E-state index contributed by atoms with van der Waals surface area (Å²) < 4.78 is 27.7. The van der Waals surface area contributed by atoms with Gasteiger partial charge in [-0.1, -0.05) is 48.0 Å². The number of hydrogen-bond acceptors (Lipinski definition) is 4. The molecule has 0 aromatic heterocycles. The number of carbonyl (C=O) groups excluding carboxylic acids is 1. The molecule has 2 aliphatic heterocycles. The largest absolute Gasteiger partial charge is 0.309 e. The second-order valence-electron chi connectivity index (χ2n) is 8.22. The lowest BCUT2D eigenvalue weighted by molar-refractivity contribution is -0.123. The third-order valence-corrected chi connectivity index (χ3v) is 7.96. The molecule has 2 fully saturated rings. The molecule has 0 radical (unpaired) electrons. The van der Waals surface area contributed by atoms with Crippen molar-refractivity contribution in [3.05, 3.63) is 65.7 Å². The fourth-order valence-corrected chi connectivity index (χ4v) is 5.89. The van der Waals surface area contributed by atoms with E-state index in [0.717, 1.165) is 16.8 Å². The van der Waals surface area contributed by atoms with Crippen LogP contribution >= 0.6 is 0 Å². The number of hydrogen-bond donors (Lipinski definition) is 0. The lowest BCUT2D eigenvalue weighted by Crippen LogP contribution is -2.64. The van der Waals surface area contributed by atoms with Crippen molar-refractivity contribution in [1.29, 1.82) is 0 Å². The zero-order valence-corrected chi connectivity index (χ0v) is 17.7. The Morgan fingerprint density at radius 2 is 1.69 bits per heavy atom. The Morgan fingerprint density at radius 3 is 2.38 bits per heavy atom. The van der Waals surface area contributed by atoms with E-state index in [9.17, 15) is 13.2 Å². The van der Waals surface area contributed by atoms with Crippen molar-refractivity contribution in [2.24, 2.45) is 0 Å². The number of carbonyl (C=O) groups is 1. The van der Waals surface area contributed by atoms with Gasteiger partial charge in [-0.15, -0.1) is 0 Å². The van der Waals surface area contributed by atoms with Gasteiger partial charge in [0.1, 0.15) is 0 Å². The second-order valence-corrected chi connectivity index (χ2v) is 10.2. The standard InChI is InChI=1S/C22H27N3O3S/c1-18-8-10-19(11-9-18)15-29(27,28)24-13-12-22(16-24)17-25(21(26)14-23(22)2)20-6-4-3-5-7-20/h3-11H,12-17H2,1-2H3. The summed E-state index contributed by atoms with van der Waals surface area (Å²) in [4.78, 5) is 16.5. The molecule has 0 saturated carbocycles. The molecular weight excluding hydrogens is 386 g/mol. The summed E-state index contributed by atoms with van der Waals surface area (Å²) in [7, 11) is -1.49. The normalized spacial score (nSPS) is 23.8. The van der Waals surface area contributed by atoms with Gasteiger partial charge in [-0.2, -0.15) is 4.31 Å². The van der Waals surface area contributed by atoms with Gasteiger partial charge in [0.2, 0.25) is 15.9 Å². The van der Waals surface area contributed by atoms with Gasteiger partial charge in [0.15, 0.2) is 0 Å².